The van der Waals surface area contributed by atoms with Crippen LogP contribution < -0.4 is 11.1 Å². The first-order valence-electron chi connectivity index (χ1n) is 4.14. The van der Waals surface area contributed by atoms with Crippen LogP contribution in [0.25, 0.3) is 0 Å². The summed E-state index contributed by atoms with van der Waals surface area (Å²) in [4.78, 5) is 2.35. The largest absolute Gasteiger partial charge is 0.403 e. The Labute approximate surface area is 68.2 Å². The summed E-state index contributed by atoms with van der Waals surface area (Å²) in [7, 11) is 2.16. The fourth-order valence-corrected chi connectivity index (χ4v) is 1.37. The number of piperidine rings is 1. The molecule has 1 fully saturated rings. The van der Waals surface area contributed by atoms with Crippen LogP contribution in [0.5, 0.6) is 0 Å². The van der Waals surface area contributed by atoms with Crippen molar-refractivity contribution in [2.45, 2.75) is 18.9 Å². The standard InChI is InChI=1S/C8H17N3/c1-11-6-2-8(3-7-11)10-5-4-9/h4-5,8,10H,2-3,6-7,9H2,1H3/b5-4-. The van der Waals surface area contributed by atoms with Crippen LogP contribution in [0.1, 0.15) is 12.8 Å². The van der Waals surface area contributed by atoms with Crippen LogP contribution in [0, 0.1) is 0 Å². The number of nitrogens with one attached hydrogen (secondary N) is 1. The third kappa shape index (κ3) is 2.80. The van der Waals surface area contributed by atoms with Crippen molar-refractivity contribution in [2.75, 3.05) is 20.1 Å². The van der Waals surface area contributed by atoms with Crippen molar-refractivity contribution in [2.24, 2.45) is 5.73 Å². The maximum Gasteiger partial charge on any atom is 0.0280 e. The lowest BCUT2D eigenvalue weighted by Crippen LogP contribution is -2.38. The summed E-state index contributed by atoms with van der Waals surface area (Å²) in [5, 5.41) is 3.26. The zero-order valence-corrected chi connectivity index (χ0v) is 7.09. The lowest BCUT2D eigenvalue weighted by atomic mass is 10.1. The first kappa shape index (κ1) is 8.40. The van der Waals surface area contributed by atoms with E-state index in [2.05, 4.69) is 17.3 Å². The van der Waals surface area contributed by atoms with Gasteiger partial charge in [-0.3, -0.25) is 0 Å². The predicted molar refractivity (Wildman–Crippen MR) is 47.0 cm³/mol. The Balaban J connectivity index is 2.17. The molecule has 0 aliphatic carbocycles. The first-order chi connectivity index (χ1) is 5.33. The highest BCUT2D eigenvalue weighted by Gasteiger charge is 2.14. The molecule has 0 aromatic heterocycles. The Kier molecular flexibility index (Phi) is 3.23. The van der Waals surface area contributed by atoms with Crippen molar-refractivity contribution in [3.8, 4) is 0 Å². The molecule has 0 saturated carbocycles. The summed E-state index contributed by atoms with van der Waals surface area (Å²) in [6, 6.07) is 0.631. The summed E-state index contributed by atoms with van der Waals surface area (Å²) in [5.41, 5.74) is 5.22. The molecular formula is C8H17N3. The highest BCUT2D eigenvalue weighted by atomic mass is 15.1. The number of hydrogen-bond acceptors (Lipinski definition) is 3. The molecule has 1 rings (SSSR count). The van der Waals surface area contributed by atoms with E-state index >= 15 is 0 Å². The van der Waals surface area contributed by atoms with Gasteiger partial charge in [-0.05, 0) is 33.0 Å². The van der Waals surface area contributed by atoms with Crippen molar-refractivity contribution in [3.05, 3.63) is 12.4 Å². The number of rotatable bonds is 2. The Morgan fingerprint density at radius 3 is 2.64 bits per heavy atom. The van der Waals surface area contributed by atoms with E-state index in [1.807, 2.05) is 6.20 Å². The topological polar surface area (TPSA) is 41.3 Å². The molecule has 0 unspecified atom stereocenters. The highest BCUT2D eigenvalue weighted by Crippen LogP contribution is 2.07. The van der Waals surface area contributed by atoms with Gasteiger partial charge in [-0.2, -0.15) is 0 Å². The average molecular weight is 155 g/mol. The van der Waals surface area contributed by atoms with Crippen LogP contribution >= 0.6 is 0 Å². The molecule has 0 spiro atoms. The lowest BCUT2D eigenvalue weighted by Gasteiger charge is -2.28. The second-order valence-corrected chi connectivity index (χ2v) is 3.10. The molecule has 0 atom stereocenters. The van der Waals surface area contributed by atoms with Crippen molar-refractivity contribution < 1.29 is 0 Å². The molecule has 3 N–H and O–H groups in total. The lowest BCUT2D eigenvalue weighted by molar-refractivity contribution is 0.244. The van der Waals surface area contributed by atoms with Gasteiger partial charge in [0.05, 0.1) is 0 Å². The van der Waals surface area contributed by atoms with Crippen molar-refractivity contribution in [1.29, 1.82) is 0 Å². The molecule has 0 bridgehead atoms. The number of likely N-dealkylation sites (tertiary alicyclic amines) is 1. The van der Waals surface area contributed by atoms with Crippen LogP contribution in [0.4, 0.5) is 0 Å². The molecule has 0 radical (unpaired) electrons. The van der Waals surface area contributed by atoms with E-state index < -0.39 is 0 Å². The molecular weight excluding hydrogens is 138 g/mol. The summed E-state index contributed by atoms with van der Waals surface area (Å²) in [5.74, 6) is 0. The molecule has 0 aromatic carbocycles. The van der Waals surface area contributed by atoms with E-state index in [0.717, 1.165) is 0 Å². The van der Waals surface area contributed by atoms with Gasteiger partial charge >= 0.3 is 0 Å². The molecule has 3 heteroatoms. The number of nitrogens with zero attached hydrogens (tertiary/aromatic N) is 1. The van der Waals surface area contributed by atoms with E-state index in [4.69, 9.17) is 5.73 Å². The maximum atomic E-state index is 5.22. The number of hydrogen-bond donors (Lipinski definition) is 2. The smallest absolute Gasteiger partial charge is 0.0280 e. The number of nitrogens with two attached hydrogens (primary N) is 1. The fourth-order valence-electron chi connectivity index (χ4n) is 1.37. The zero-order chi connectivity index (χ0) is 8.10. The Hall–Kier alpha value is -0.700. The highest BCUT2D eigenvalue weighted by molar-refractivity contribution is 4.82. The average Bonchev–Trinajstić information content (AvgIpc) is 2.04. The van der Waals surface area contributed by atoms with Crippen LogP contribution in [0.15, 0.2) is 12.4 Å². The minimum absolute atomic E-state index is 0.631. The maximum absolute atomic E-state index is 5.22. The van der Waals surface area contributed by atoms with Crippen molar-refractivity contribution in [3.63, 3.8) is 0 Å². The van der Waals surface area contributed by atoms with Gasteiger partial charge in [-0.15, -0.1) is 0 Å². The molecule has 64 valence electrons. The van der Waals surface area contributed by atoms with Gasteiger partial charge in [0, 0.05) is 18.4 Å². The van der Waals surface area contributed by atoms with Crippen molar-refractivity contribution >= 4 is 0 Å². The van der Waals surface area contributed by atoms with Crippen molar-refractivity contribution in [1.82, 2.24) is 10.2 Å². The first-order valence-corrected chi connectivity index (χ1v) is 4.14. The van der Waals surface area contributed by atoms with Gasteiger partial charge < -0.3 is 16.0 Å². The van der Waals surface area contributed by atoms with Crippen LogP contribution in [0.3, 0.4) is 0 Å². The van der Waals surface area contributed by atoms with E-state index in [0.29, 0.717) is 6.04 Å². The molecule has 0 amide bonds. The summed E-state index contributed by atoms with van der Waals surface area (Å²) >= 11 is 0. The van der Waals surface area contributed by atoms with Gasteiger partial charge in [0.2, 0.25) is 0 Å². The SMILES string of the molecule is CN1CCC(N/C=C\N)CC1. The quantitative estimate of drug-likeness (QED) is 0.594. The van der Waals surface area contributed by atoms with Crippen LogP contribution in [-0.2, 0) is 0 Å². The molecule has 1 heterocycles. The zero-order valence-electron chi connectivity index (χ0n) is 7.09. The van der Waals surface area contributed by atoms with Gasteiger partial charge in [0.15, 0.2) is 0 Å². The summed E-state index contributed by atoms with van der Waals surface area (Å²) in [6.07, 6.45) is 5.83. The normalized spacial score (nSPS) is 22.6. The van der Waals surface area contributed by atoms with Gasteiger partial charge in [0.25, 0.3) is 0 Å². The molecule has 1 aliphatic heterocycles. The Morgan fingerprint density at radius 2 is 2.09 bits per heavy atom. The van der Waals surface area contributed by atoms with Gasteiger partial charge in [0.1, 0.15) is 0 Å². The minimum atomic E-state index is 0.631. The predicted octanol–water partition coefficient (Wildman–Crippen LogP) is 0.100. The van der Waals surface area contributed by atoms with E-state index in [9.17, 15) is 0 Å². The van der Waals surface area contributed by atoms with E-state index in [1.165, 1.54) is 25.9 Å². The Morgan fingerprint density at radius 1 is 1.45 bits per heavy atom. The van der Waals surface area contributed by atoms with Gasteiger partial charge in [-0.25, -0.2) is 0 Å². The minimum Gasteiger partial charge on any atom is -0.403 e. The molecule has 3 nitrogen and oxygen atoms in total. The second kappa shape index (κ2) is 4.23. The summed E-state index contributed by atoms with van der Waals surface area (Å²) in [6.45, 7) is 2.38. The molecule has 1 saturated heterocycles. The Bertz CT molecular complexity index is 125. The molecule has 11 heavy (non-hydrogen) atoms. The fraction of sp³-hybridized carbons (Fsp3) is 0.750. The molecule has 0 aromatic rings. The van der Waals surface area contributed by atoms with E-state index in [1.54, 1.807) is 6.20 Å². The third-order valence-electron chi connectivity index (χ3n) is 2.15. The summed E-state index contributed by atoms with van der Waals surface area (Å²) < 4.78 is 0. The van der Waals surface area contributed by atoms with E-state index in [-0.39, 0.29) is 0 Å². The molecule has 1 aliphatic rings. The second-order valence-electron chi connectivity index (χ2n) is 3.10. The van der Waals surface area contributed by atoms with Gasteiger partial charge in [-0.1, -0.05) is 0 Å². The third-order valence-corrected chi connectivity index (χ3v) is 2.15. The van der Waals surface area contributed by atoms with Crippen LogP contribution in [-0.4, -0.2) is 31.1 Å². The van der Waals surface area contributed by atoms with Crippen LogP contribution in [0.2, 0.25) is 0 Å². The monoisotopic (exact) mass is 155 g/mol.